The molecule has 0 amide bonds. The van der Waals surface area contributed by atoms with Crippen LogP contribution in [-0.2, 0) is 0 Å². The first kappa shape index (κ1) is 11.9. The lowest BCUT2D eigenvalue weighted by Crippen LogP contribution is -2.04. The van der Waals surface area contributed by atoms with Crippen LogP contribution in [0.15, 0.2) is 48.7 Å². The van der Waals surface area contributed by atoms with Gasteiger partial charge in [-0.25, -0.2) is 8.78 Å². The van der Waals surface area contributed by atoms with Gasteiger partial charge >= 0.3 is 0 Å². The summed E-state index contributed by atoms with van der Waals surface area (Å²) in [4.78, 5) is 3.03. The lowest BCUT2D eigenvalue weighted by molar-refractivity contribution is 0.213. The maximum absolute atomic E-state index is 13.7. The zero-order valence-electron chi connectivity index (χ0n) is 9.90. The second kappa shape index (κ2) is 4.48. The van der Waals surface area contributed by atoms with E-state index in [0.717, 1.165) is 17.0 Å². The fraction of sp³-hybridized carbons (Fsp3) is 0.0667. The molecule has 0 aliphatic carbocycles. The Kier molecular flexibility index (Phi) is 2.80. The predicted octanol–water partition coefficient (Wildman–Crippen LogP) is 3.53. The van der Waals surface area contributed by atoms with Crippen LogP contribution in [0.4, 0.5) is 8.78 Å². The zero-order valence-corrected chi connectivity index (χ0v) is 9.90. The first-order valence-corrected chi connectivity index (χ1v) is 5.86. The van der Waals surface area contributed by atoms with Crippen LogP contribution in [0.5, 0.6) is 0 Å². The van der Waals surface area contributed by atoms with Crippen molar-refractivity contribution in [3.63, 3.8) is 0 Å². The van der Waals surface area contributed by atoms with E-state index in [9.17, 15) is 13.9 Å². The van der Waals surface area contributed by atoms with Crippen molar-refractivity contribution in [3.8, 4) is 0 Å². The highest BCUT2D eigenvalue weighted by atomic mass is 19.2. The highest BCUT2D eigenvalue weighted by Crippen LogP contribution is 2.27. The third-order valence-corrected chi connectivity index (χ3v) is 3.17. The van der Waals surface area contributed by atoms with E-state index in [4.69, 9.17) is 0 Å². The van der Waals surface area contributed by atoms with E-state index >= 15 is 0 Å². The Labute approximate surface area is 108 Å². The van der Waals surface area contributed by atoms with Gasteiger partial charge in [0.25, 0.3) is 0 Å². The number of hydrogen-bond acceptors (Lipinski definition) is 1. The summed E-state index contributed by atoms with van der Waals surface area (Å²) in [6.07, 6.45) is 0.596. The van der Waals surface area contributed by atoms with Gasteiger partial charge in [0.15, 0.2) is 11.6 Å². The van der Waals surface area contributed by atoms with Gasteiger partial charge in [-0.3, -0.25) is 0 Å². The summed E-state index contributed by atoms with van der Waals surface area (Å²) < 4.78 is 26.8. The summed E-state index contributed by atoms with van der Waals surface area (Å²) in [6.45, 7) is 0. The molecule has 0 bridgehead atoms. The van der Waals surface area contributed by atoms with Crippen molar-refractivity contribution in [1.29, 1.82) is 0 Å². The van der Waals surface area contributed by atoms with Crippen LogP contribution in [0.25, 0.3) is 10.9 Å². The first-order valence-electron chi connectivity index (χ1n) is 5.86. The number of aromatic amines is 1. The zero-order chi connectivity index (χ0) is 13.4. The molecule has 0 aliphatic heterocycles. The number of aromatic nitrogens is 1. The van der Waals surface area contributed by atoms with Crippen LogP contribution in [-0.4, -0.2) is 10.1 Å². The van der Waals surface area contributed by atoms with Crippen molar-refractivity contribution in [2.24, 2.45) is 0 Å². The summed E-state index contributed by atoms with van der Waals surface area (Å²) in [5.74, 6) is -1.97. The molecule has 2 nitrogen and oxygen atoms in total. The Morgan fingerprint density at radius 1 is 1.05 bits per heavy atom. The standard InChI is InChI=1S/C15H11F2NO/c16-12-3-1-2-11(14(12)17)15(19)10-4-5-13-9(8-10)6-7-18-13/h1-8,15,18-19H. The summed E-state index contributed by atoms with van der Waals surface area (Å²) in [5, 5.41) is 11.1. The average molecular weight is 259 g/mol. The molecule has 0 spiro atoms. The van der Waals surface area contributed by atoms with Crippen LogP contribution in [0.3, 0.4) is 0 Å². The molecule has 0 fully saturated rings. The fourth-order valence-electron chi connectivity index (χ4n) is 2.15. The van der Waals surface area contributed by atoms with E-state index in [1.807, 2.05) is 6.07 Å². The van der Waals surface area contributed by atoms with Gasteiger partial charge in [0.2, 0.25) is 0 Å². The van der Waals surface area contributed by atoms with Gasteiger partial charge in [0, 0.05) is 17.3 Å². The molecule has 1 unspecified atom stereocenters. The van der Waals surface area contributed by atoms with E-state index in [1.165, 1.54) is 12.1 Å². The molecule has 19 heavy (non-hydrogen) atoms. The highest BCUT2D eigenvalue weighted by Gasteiger charge is 2.17. The summed E-state index contributed by atoms with van der Waals surface area (Å²) in [5.41, 5.74) is 1.39. The van der Waals surface area contributed by atoms with Crippen molar-refractivity contribution in [2.45, 2.75) is 6.10 Å². The molecule has 1 atom stereocenters. The Morgan fingerprint density at radius 2 is 1.89 bits per heavy atom. The smallest absolute Gasteiger partial charge is 0.164 e. The quantitative estimate of drug-likeness (QED) is 0.725. The Hall–Kier alpha value is -2.20. The second-order valence-electron chi connectivity index (χ2n) is 4.37. The third-order valence-electron chi connectivity index (χ3n) is 3.17. The molecular weight excluding hydrogens is 248 g/mol. The number of aliphatic hydroxyl groups is 1. The lowest BCUT2D eigenvalue weighted by atomic mass is 10.00. The van der Waals surface area contributed by atoms with Crippen molar-refractivity contribution in [2.75, 3.05) is 0 Å². The number of nitrogens with one attached hydrogen (secondary N) is 1. The van der Waals surface area contributed by atoms with Gasteiger partial charge in [-0.1, -0.05) is 18.2 Å². The molecule has 3 rings (SSSR count). The average Bonchev–Trinajstić information content (AvgIpc) is 2.88. The third kappa shape index (κ3) is 2.00. The minimum absolute atomic E-state index is 0.0603. The van der Waals surface area contributed by atoms with Crippen molar-refractivity contribution >= 4 is 10.9 Å². The largest absolute Gasteiger partial charge is 0.384 e. The minimum atomic E-state index is -1.19. The highest BCUT2D eigenvalue weighted by molar-refractivity contribution is 5.80. The van der Waals surface area contributed by atoms with Gasteiger partial charge in [0.05, 0.1) is 0 Å². The Bertz CT molecular complexity index is 736. The number of hydrogen-bond donors (Lipinski definition) is 2. The maximum atomic E-state index is 13.7. The normalized spacial score (nSPS) is 12.8. The van der Waals surface area contributed by atoms with E-state index < -0.39 is 17.7 Å². The van der Waals surface area contributed by atoms with Gasteiger partial charge in [-0.15, -0.1) is 0 Å². The molecular formula is C15H11F2NO. The van der Waals surface area contributed by atoms with Crippen molar-refractivity contribution < 1.29 is 13.9 Å². The van der Waals surface area contributed by atoms with Gasteiger partial charge in [-0.05, 0) is 35.2 Å². The molecule has 3 aromatic rings. The monoisotopic (exact) mass is 259 g/mol. The van der Waals surface area contributed by atoms with Gasteiger partial charge in [0.1, 0.15) is 6.10 Å². The Morgan fingerprint density at radius 3 is 2.74 bits per heavy atom. The lowest BCUT2D eigenvalue weighted by Gasteiger charge is -2.12. The van der Waals surface area contributed by atoms with Crippen LogP contribution >= 0.6 is 0 Å². The van der Waals surface area contributed by atoms with Crippen molar-refractivity contribution in [1.82, 2.24) is 4.98 Å². The summed E-state index contributed by atoms with van der Waals surface area (Å²) >= 11 is 0. The molecule has 0 aliphatic rings. The molecule has 1 aromatic heterocycles. The number of fused-ring (bicyclic) bond motifs is 1. The van der Waals surface area contributed by atoms with Gasteiger partial charge < -0.3 is 10.1 Å². The minimum Gasteiger partial charge on any atom is -0.384 e. The summed E-state index contributed by atoms with van der Waals surface area (Å²) in [6, 6.07) is 10.9. The van der Waals surface area contributed by atoms with E-state index in [0.29, 0.717) is 5.56 Å². The van der Waals surface area contributed by atoms with E-state index in [1.54, 1.807) is 24.4 Å². The van der Waals surface area contributed by atoms with Crippen LogP contribution in [0.2, 0.25) is 0 Å². The van der Waals surface area contributed by atoms with E-state index in [2.05, 4.69) is 4.98 Å². The number of H-pyrrole nitrogens is 1. The SMILES string of the molecule is OC(c1ccc2[nH]ccc2c1)c1cccc(F)c1F. The molecule has 1 heterocycles. The van der Waals surface area contributed by atoms with Crippen LogP contribution in [0, 0.1) is 11.6 Å². The topological polar surface area (TPSA) is 36.0 Å². The number of rotatable bonds is 2. The Balaban J connectivity index is 2.07. The molecule has 4 heteroatoms. The van der Waals surface area contributed by atoms with Crippen molar-refractivity contribution in [3.05, 3.63) is 71.4 Å². The molecule has 0 radical (unpaired) electrons. The van der Waals surface area contributed by atoms with Crippen LogP contribution in [0.1, 0.15) is 17.2 Å². The van der Waals surface area contributed by atoms with Gasteiger partial charge in [-0.2, -0.15) is 0 Å². The molecule has 0 saturated heterocycles. The maximum Gasteiger partial charge on any atom is 0.164 e. The van der Waals surface area contributed by atoms with E-state index in [-0.39, 0.29) is 5.56 Å². The number of aliphatic hydroxyl groups excluding tert-OH is 1. The second-order valence-corrected chi connectivity index (χ2v) is 4.37. The molecule has 2 N–H and O–H groups in total. The number of halogens is 2. The molecule has 0 saturated carbocycles. The first-order chi connectivity index (χ1) is 9.16. The van der Waals surface area contributed by atoms with Crippen LogP contribution < -0.4 is 0 Å². The summed E-state index contributed by atoms with van der Waals surface area (Å²) in [7, 11) is 0. The predicted molar refractivity (Wildman–Crippen MR) is 68.7 cm³/mol. The molecule has 2 aromatic carbocycles. The fourth-order valence-corrected chi connectivity index (χ4v) is 2.15. The number of benzene rings is 2. The molecule has 96 valence electrons.